The van der Waals surface area contributed by atoms with Gasteiger partial charge >= 0.3 is 0 Å². The highest BCUT2D eigenvalue weighted by Gasteiger charge is 2.10. The molecule has 2 rings (SSSR count). The Hall–Kier alpha value is -2.46. The first kappa shape index (κ1) is 15.9. The lowest BCUT2D eigenvalue weighted by Gasteiger charge is -2.06. The number of anilines is 1. The molecule has 22 heavy (non-hydrogen) atoms. The van der Waals surface area contributed by atoms with Gasteiger partial charge in [-0.1, -0.05) is 0 Å². The predicted molar refractivity (Wildman–Crippen MR) is 78.1 cm³/mol. The second-order valence-corrected chi connectivity index (χ2v) is 4.50. The Bertz CT molecular complexity index is 694. The average Bonchev–Trinajstić information content (AvgIpc) is 2.88. The first-order chi connectivity index (χ1) is 10.6. The van der Waals surface area contributed by atoms with Crippen LogP contribution < -0.4 is 16.6 Å². The normalized spacial score (nSPS) is 11.0. The van der Waals surface area contributed by atoms with E-state index in [9.17, 15) is 9.59 Å². The minimum absolute atomic E-state index is 0.00438. The standard InChI is InChI=1S/C12H18N6O4/c13-12-16-10-9(11(21)17-12)15-7-18(10)3-1-8(20)14-2-5-22-6-4-19/h7,19H,1-6H2,(H,14,20)(H3,13,16,17,21). The van der Waals surface area contributed by atoms with E-state index in [2.05, 4.69) is 20.3 Å². The molecular formula is C12H18N6O4. The summed E-state index contributed by atoms with van der Waals surface area (Å²) in [4.78, 5) is 33.6. The molecule has 10 heteroatoms. The quantitative estimate of drug-likeness (QED) is 0.421. The highest BCUT2D eigenvalue weighted by atomic mass is 16.5. The van der Waals surface area contributed by atoms with E-state index in [0.29, 0.717) is 25.3 Å². The van der Waals surface area contributed by atoms with Crippen molar-refractivity contribution in [3.8, 4) is 0 Å². The minimum atomic E-state index is -0.410. The monoisotopic (exact) mass is 310 g/mol. The van der Waals surface area contributed by atoms with E-state index >= 15 is 0 Å². The second-order valence-electron chi connectivity index (χ2n) is 4.50. The number of hydrogen-bond donors (Lipinski definition) is 4. The number of aliphatic hydroxyl groups excluding tert-OH is 1. The van der Waals surface area contributed by atoms with E-state index in [1.165, 1.54) is 6.33 Å². The number of rotatable bonds is 8. The van der Waals surface area contributed by atoms with Gasteiger partial charge in [0, 0.05) is 19.5 Å². The molecule has 0 atom stereocenters. The van der Waals surface area contributed by atoms with Crippen LogP contribution in [0.2, 0.25) is 0 Å². The third-order valence-corrected chi connectivity index (χ3v) is 2.88. The number of ether oxygens (including phenoxy) is 1. The smallest absolute Gasteiger partial charge is 0.280 e. The van der Waals surface area contributed by atoms with Crippen LogP contribution in [-0.2, 0) is 16.1 Å². The summed E-state index contributed by atoms with van der Waals surface area (Å²) in [5.74, 6) is -0.156. The number of H-pyrrole nitrogens is 1. The van der Waals surface area contributed by atoms with Crippen LogP contribution in [0.3, 0.4) is 0 Å². The number of fused-ring (bicyclic) bond motifs is 1. The molecule has 120 valence electrons. The summed E-state index contributed by atoms with van der Waals surface area (Å²) in [6.45, 7) is 1.24. The highest BCUT2D eigenvalue weighted by molar-refractivity contribution is 5.76. The summed E-state index contributed by atoms with van der Waals surface area (Å²) in [5, 5.41) is 11.2. The Kier molecular flexibility index (Phi) is 5.44. The van der Waals surface area contributed by atoms with Crippen molar-refractivity contribution in [2.45, 2.75) is 13.0 Å². The van der Waals surface area contributed by atoms with Crippen molar-refractivity contribution in [2.24, 2.45) is 0 Å². The molecule has 0 aliphatic carbocycles. The largest absolute Gasteiger partial charge is 0.394 e. The van der Waals surface area contributed by atoms with Crippen LogP contribution in [0, 0.1) is 0 Å². The summed E-state index contributed by atoms with van der Waals surface area (Å²) < 4.78 is 6.63. The summed E-state index contributed by atoms with van der Waals surface area (Å²) >= 11 is 0. The fourth-order valence-electron chi connectivity index (χ4n) is 1.87. The average molecular weight is 310 g/mol. The van der Waals surface area contributed by atoms with Crippen molar-refractivity contribution >= 4 is 23.0 Å². The number of aromatic amines is 1. The molecule has 5 N–H and O–H groups in total. The lowest BCUT2D eigenvalue weighted by molar-refractivity contribution is -0.121. The van der Waals surface area contributed by atoms with E-state index < -0.39 is 5.56 Å². The van der Waals surface area contributed by atoms with Gasteiger partial charge in [-0.25, -0.2) is 4.98 Å². The number of amides is 1. The highest BCUT2D eigenvalue weighted by Crippen LogP contribution is 2.06. The van der Waals surface area contributed by atoms with E-state index in [1.807, 2.05) is 0 Å². The van der Waals surface area contributed by atoms with E-state index in [1.54, 1.807) is 4.57 Å². The molecule has 0 spiro atoms. The van der Waals surface area contributed by atoms with Crippen LogP contribution in [0.25, 0.3) is 11.2 Å². The summed E-state index contributed by atoms with van der Waals surface area (Å²) in [6, 6.07) is 0. The van der Waals surface area contributed by atoms with Gasteiger partial charge in [0.1, 0.15) is 0 Å². The molecule has 0 saturated carbocycles. The van der Waals surface area contributed by atoms with Crippen LogP contribution in [0.4, 0.5) is 5.95 Å². The molecule has 0 bridgehead atoms. The molecule has 10 nitrogen and oxygen atoms in total. The third-order valence-electron chi connectivity index (χ3n) is 2.88. The molecule has 0 aliphatic heterocycles. The van der Waals surface area contributed by atoms with Gasteiger partial charge in [0.25, 0.3) is 5.56 Å². The topological polar surface area (TPSA) is 148 Å². The van der Waals surface area contributed by atoms with Gasteiger partial charge in [0.05, 0.1) is 26.1 Å². The number of hydrogen-bond acceptors (Lipinski definition) is 7. The Balaban J connectivity index is 1.87. The molecular weight excluding hydrogens is 292 g/mol. The number of aryl methyl sites for hydroxylation is 1. The molecule has 0 radical (unpaired) electrons. The van der Waals surface area contributed by atoms with Crippen molar-refractivity contribution in [1.29, 1.82) is 0 Å². The van der Waals surface area contributed by atoms with Crippen molar-refractivity contribution in [2.75, 3.05) is 32.1 Å². The number of carbonyl (C=O) groups is 1. The molecule has 2 aromatic rings. The van der Waals surface area contributed by atoms with Gasteiger partial charge in [-0.2, -0.15) is 4.98 Å². The SMILES string of the molecule is Nc1nc2c(ncn2CCC(=O)NCCOCCO)c(=O)[nH]1. The molecule has 0 saturated heterocycles. The van der Waals surface area contributed by atoms with Crippen molar-refractivity contribution in [3.05, 3.63) is 16.7 Å². The fourth-order valence-corrected chi connectivity index (χ4v) is 1.87. The molecule has 0 fully saturated rings. The van der Waals surface area contributed by atoms with Crippen LogP contribution in [0.1, 0.15) is 6.42 Å². The summed E-state index contributed by atoms with van der Waals surface area (Å²) in [6.07, 6.45) is 1.66. The zero-order valence-electron chi connectivity index (χ0n) is 11.9. The second kappa shape index (κ2) is 7.52. The van der Waals surface area contributed by atoms with E-state index in [-0.39, 0.29) is 37.0 Å². The number of aliphatic hydroxyl groups is 1. The lowest BCUT2D eigenvalue weighted by atomic mass is 10.4. The summed E-state index contributed by atoms with van der Waals surface area (Å²) in [7, 11) is 0. The fraction of sp³-hybridized carbons (Fsp3) is 0.500. The third kappa shape index (κ3) is 4.02. The number of nitrogens with zero attached hydrogens (tertiary/aromatic N) is 3. The molecule has 1 amide bonds. The molecule has 0 aromatic carbocycles. The van der Waals surface area contributed by atoms with Crippen molar-refractivity contribution in [1.82, 2.24) is 24.8 Å². The maximum Gasteiger partial charge on any atom is 0.280 e. The van der Waals surface area contributed by atoms with Crippen molar-refractivity contribution < 1.29 is 14.6 Å². The van der Waals surface area contributed by atoms with Crippen LogP contribution in [0.5, 0.6) is 0 Å². The maximum atomic E-state index is 11.7. The van der Waals surface area contributed by atoms with Crippen LogP contribution in [0.15, 0.2) is 11.1 Å². The van der Waals surface area contributed by atoms with Crippen molar-refractivity contribution in [3.63, 3.8) is 0 Å². The van der Waals surface area contributed by atoms with Crippen LogP contribution >= 0.6 is 0 Å². The Morgan fingerprint density at radius 2 is 2.32 bits per heavy atom. The number of nitrogens with one attached hydrogen (secondary N) is 2. The van der Waals surface area contributed by atoms with E-state index in [0.717, 1.165) is 0 Å². The van der Waals surface area contributed by atoms with Gasteiger partial charge in [0.15, 0.2) is 11.2 Å². The van der Waals surface area contributed by atoms with Gasteiger partial charge in [-0.3, -0.25) is 14.6 Å². The van der Waals surface area contributed by atoms with Gasteiger partial charge in [-0.15, -0.1) is 0 Å². The zero-order valence-corrected chi connectivity index (χ0v) is 11.9. The Morgan fingerprint density at radius 3 is 3.09 bits per heavy atom. The number of imidazole rings is 1. The zero-order chi connectivity index (χ0) is 15.9. The van der Waals surface area contributed by atoms with Gasteiger partial charge in [0.2, 0.25) is 11.9 Å². The predicted octanol–water partition coefficient (Wildman–Crippen LogP) is -1.78. The number of nitrogen functional groups attached to an aromatic ring is 1. The minimum Gasteiger partial charge on any atom is -0.394 e. The summed E-state index contributed by atoms with van der Waals surface area (Å²) in [5.41, 5.74) is 5.62. The van der Waals surface area contributed by atoms with E-state index in [4.69, 9.17) is 15.6 Å². The first-order valence-electron chi connectivity index (χ1n) is 6.77. The Morgan fingerprint density at radius 1 is 1.50 bits per heavy atom. The molecule has 0 aliphatic rings. The number of carbonyl (C=O) groups excluding carboxylic acids is 1. The van der Waals surface area contributed by atoms with Gasteiger partial charge in [-0.05, 0) is 0 Å². The lowest BCUT2D eigenvalue weighted by Crippen LogP contribution is -2.28. The molecule has 0 unspecified atom stereocenters. The number of nitrogens with two attached hydrogens (primary N) is 1. The first-order valence-corrected chi connectivity index (χ1v) is 6.77. The molecule has 2 heterocycles. The molecule has 2 aromatic heterocycles. The van der Waals surface area contributed by atoms with Gasteiger partial charge < -0.3 is 25.5 Å². The Labute approximate surface area is 125 Å². The van der Waals surface area contributed by atoms with Crippen LogP contribution in [-0.4, -0.2) is 56.9 Å². The number of aromatic nitrogens is 4. The maximum absolute atomic E-state index is 11.7.